The van der Waals surface area contributed by atoms with E-state index in [4.69, 9.17) is 9.47 Å². The number of hydrogen-bond donors (Lipinski definition) is 1. The number of rotatable bonds is 5. The molecule has 1 N–H and O–H groups in total. The van der Waals surface area contributed by atoms with Gasteiger partial charge in [0.15, 0.2) is 0 Å². The van der Waals surface area contributed by atoms with Crippen LogP contribution in [-0.2, 0) is 9.47 Å². The van der Waals surface area contributed by atoms with Crippen molar-refractivity contribution in [2.24, 2.45) is 11.8 Å². The lowest BCUT2D eigenvalue weighted by atomic mass is 9.92. The number of hydrogen-bond acceptors (Lipinski definition) is 4. The van der Waals surface area contributed by atoms with E-state index in [1.54, 1.807) is 0 Å². The van der Waals surface area contributed by atoms with E-state index < -0.39 is 0 Å². The molecule has 3 unspecified atom stereocenters. The van der Waals surface area contributed by atoms with Gasteiger partial charge in [0, 0.05) is 51.9 Å². The van der Waals surface area contributed by atoms with E-state index >= 15 is 0 Å². The van der Waals surface area contributed by atoms with Crippen LogP contribution in [0.15, 0.2) is 0 Å². The Bertz CT molecular complexity index is 301. The summed E-state index contributed by atoms with van der Waals surface area (Å²) in [4.78, 5) is 2.64. The highest BCUT2D eigenvalue weighted by Crippen LogP contribution is 2.27. The van der Waals surface area contributed by atoms with Gasteiger partial charge in [0.1, 0.15) is 5.60 Å². The second-order valence-electron chi connectivity index (χ2n) is 7.19. The Balaban J connectivity index is 2.06. The number of nitrogens with one attached hydrogen (secondary N) is 1. The fourth-order valence-electron chi connectivity index (χ4n) is 3.45. The van der Waals surface area contributed by atoms with Crippen molar-refractivity contribution in [3.8, 4) is 0 Å². The zero-order valence-corrected chi connectivity index (χ0v) is 13.8. The molecular weight excluding hydrogens is 252 g/mol. The summed E-state index contributed by atoms with van der Waals surface area (Å²) in [5.74, 6) is 1.33. The van der Waals surface area contributed by atoms with E-state index in [-0.39, 0.29) is 5.60 Å². The molecule has 2 aliphatic rings. The summed E-state index contributed by atoms with van der Waals surface area (Å²) < 4.78 is 11.4. The highest BCUT2D eigenvalue weighted by Gasteiger charge is 2.41. The maximum Gasteiger partial charge on any atom is 0.106 e. The molecule has 2 rings (SSSR count). The van der Waals surface area contributed by atoms with Gasteiger partial charge >= 0.3 is 0 Å². The van der Waals surface area contributed by atoms with Gasteiger partial charge in [-0.1, -0.05) is 27.7 Å². The van der Waals surface area contributed by atoms with Crippen molar-refractivity contribution in [1.29, 1.82) is 0 Å². The molecule has 0 aromatic rings. The molecule has 4 nitrogen and oxygen atoms in total. The van der Waals surface area contributed by atoms with Crippen LogP contribution in [0.4, 0.5) is 0 Å². The van der Waals surface area contributed by atoms with Crippen molar-refractivity contribution < 1.29 is 9.47 Å². The third-order valence-electron chi connectivity index (χ3n) is 5.06. The lowest BCUT2D eigenvalue weighted by Gasteiger charge is -2.46. The van der Waals surface area contributed by atoms with Gasteiger partial charge < -0.3 is 14.8 Å². The standard InChI is InChI=1S/C16H32N2O2/c1-12(2)14-9-18(15(8-17-14)13(3)4)10-16(19-5)6-7-20-11-16/h12-15,17H,6-11H2,1-5H3. The van der Waals surface area contributed by atoms with Crippen molar-refractivity contribution >= 4 is 0 Å². The molecule has 0 aromatic carbocycles. The van der Waals surface area contributed by atoms with Gasteiger partial charge in [0.05, 0.1) is 6.61 Å². The first-order valence-corrected chi connectivity index (χ1v) is 8.08. The predicted octanol–water partition coefficient (Wildman–Crippen LogP) is 1.75. The summed E-state index contributed by atoms with van der Waals surface area (Å²) >= 11 is 0. The molecule has 0 bridgehead atoms. The minimum atomic E-state index is -0.0913. The monoisotopic (exact) mass is 284 g/mol. The van der Waals surface area contributed by atoms with E-state index in [0.29, 0.717) is 23.9 Å². The molecule has 2 aliphatic heterocycles. The maximum absolute atomic E-state index is 5.84. The van der Waals surface area contributed by atoms with Gasteiger partial charge in [-0.15, -0.1) is 0 Å². The normalized spacial score (nSPS) is 36.1. The van der Waals surface area contributed by atoms with Crippen molar-refractivity contribution in [2.75, 3.05) is 40.0 Å². The fraction of sp³-hybridized carbons (Fsp3) is 1.00. The molecule has 0 amide bonds. The molecule has 4 heteroatoms. The van der Waals surface area contributed by atoms with E-state index in [9.17, 15) is 0 Å². The van der Waals surface area contributed by atoms with Crippen molar-refractivity contribution in [3.05, 3.63) is 0 Å². The fourth-order valence-corrected chi connectivity index (χ4v) is 3.45. The Labute approximate surface area is 124 Å². The third kappa shape index (κ3) is 3.53. The van der Waals surface area contributed by atoms with Gasteiger partial charge in [-0.05, 0) is 11.8 Å². The molecule has 0 radical (unpaired) electrons. The highest BCUT2D eigenvalue weighted by atomic mass is 16.5. The quantitative estimate of drug-likeness (QED) is 0.834. The molecule has 0 aromatic heterocycles. The molecule has 2 heterocycles. The van der Waals surface area contributed by atoms with E-state index in [1.807, 2.05) is 7.11 Å². The predicted molar refractivity (Wildman–Crippen MR) is 82.0 cm³/mol. The van der Waals surface area contributed by atoms with E-state index in [2.05, 4.69) is 37.9 Å². The molecule has 0 spiro atoms. The van der Waals surface area contributed by atoms with Crippen LogP contribution < -0.4 is 5.32 Å². The number of methoxy groups -OCH3 is 1. The lowest BCUT2D eigenvalue weighted by Crippen LogP contribution is -2.62. The Morgan fingerprint density at radius 2 is 2.05 bits per heavy atom. The summed E-state index contributed by atoms with van der Waals surface area (Å²) in [7, 11) is 1.83. The van der Waals surface area contributed by atoms with E-state index in [0.717, 1.165) is 39.3 Å². The third-order valence-corrected chi connectivity index (χ3v) is 5.06. The van der Waals surface area contributed by atoms with Crippen LogP contribution in [0, 0.1) is 11.8 Å². The zero-order chi connectivity index (χ0) is 14.8. The Morgan fingerprint density at radius 3 is 2.55 bits per heavy atom. The smallest absolute Gasteiger partial charge is 0.106 e. The summed E-state index contributed by atoms with van der Waals surface area (Å²) in [6.45, 7) is 14.0. The Morgan fingerprint density at radius 1 is 1.30 bits per heavy atom. The minimum Gasteiger partial charge on any atom is -0.378 e. The van der Waals surface area contributed by atoms with Crippen molar-refractivity contribution in [3.63, 3.8) is 0 Å². The molecule has 3 atom stereocenters. The highest BCUT2D eigenvalue weighted by molar-refractivity contribution is 4.95. The van der Waals surface area contributed by atoms with Crippen LogP contribution in [0.1, 0.15) is 34.1 Å². The first-order valence-electron chi connectivity index (χ1n) is 8.08. The van der Waals surface area contributed by atoms with Gasteiger partial charge in [-0.2, -0.15) is 0 Å². The van der Waals surface area contributed by atoms with Crippen LogP contribution in [-0.4, -0.2) is 62.5 Å². The minimum absolute atomic E-state index is 0.0913. The number of ether oxygens (including phenoxy) is 2. The second-order valence-corrected chi connectivity index (χ2v) is 7.19. The first-order chi connectivity index (χ1) is 9.47. The molecule has 20 heavy (non-hydrogen) atoms. The van der Waals surface area contributed by atoms with Crippen LogP contribution >= 0.6 is 0 Å². The van der Waals surface area contributed by atoms with Gasteiger partial charge in [-0.3, -0.25) is 4.90 Å². The molecule has 2 saturated heterocycles. The molecule has 0 saturated carbocycles. The molecular formula is C16H32N2O2. The van der Waals surface area contributed by atoms with Crippen molar-refractivity contribution in [1.82, 2.24) is 10.2 Å². The van der Waals surface area contributed by atoms with Gasteiger partial charge in [0.2, 0.25) is 0 Å². The largest absolute Gasteiger partial charge is 0.378 e. The second kappa shape index (κ2) is 6.73. The topological polar surface area (TPSA) is 33.7 Å². The molecule has 118 valence electrons. The average molecular weight is 284 g/mol. The van der Waals surface area contributed by atoms with Crippen LogP contribution in [0.3, 0.4) is 0 Å². The number of piperazine rings is 1. The zero-order valence-electron chi connectivity index (χ0n) is 13.8. The summed E-state index contributed by atoms with van der Waals surface area (Å²) in [6, 6.07) is 1.18. The lowest BCUT2D eigenvalue weighted by molar-refractivity contribution is -0.0613. The van der Waals surface area contributed by atoms with Gasteiger partial charge in [-0.25, -0.2) is 0 Å². The van der Waals surface area contributed by atoms with Crippen LogP contribution in [0.5, 0.6) is 0 Å². The molecule has 2 fully saturated rings. The van der Waals surface area contributed by atoms with Crippen molar-refractivity contribution in [2.45, 2.75) is 51.8 Å². The SMILES string of the molecule is COC1(CN2CC(C(C)C)NCC2C(C)C)CCOC1. The van der Waals surface area contributed by atoms with Gasteiger partial charge in [0.25, 0.3) is 0 Å². The van der Waals surface area contributed by atoms with Crippen LogP contribution in [0.25, 0.3) is 0 Å². The Kier molecular flexibility index (Phi) is 5.46. The summed E-state index contributed by atoms with van der Waals surface area (Å²) in [5.41, 5.74) is -0.0913. The Hall–Kier alpha value is -0.160. The van der Waals surface area contributed by atoms with Crippen LogP contribution in [0.2, 0.25) is 0 Å². The molecule has 0 aliphatic carbocycles. The summed E-state index contributed by atoms with van der Waals surface area (Å²) in [5, 5.41) is 3.72. The summed E-state index contributed by atoms with van der Waals surface area (Å²) in [6.07, 6.45) is 1.02. The maximum atomic E-state index is 5.84. The van der Waals surface area contributed by atoms with E-state index in [1.165, 1.54) is 0 Å². The first kappa shape index (κ1) is 16.2. The number of nitrogens with zero attached hydrogens (tertiary/aromatic N) is 1. The average Bonchev–Trinajstić information content (AvgIpc) is 2.87.